The van der Waals surface area contributed by atoms with Gasteiger partial charge in [-0.2, -0.15) is 0 Å². The molecule has 0 radical (unpaired) electrons. The maximum atomic E-state index is 12.8. The lowest BCUT2D eigenvalue weighted by Gasteiger charge is -2.19. The zero-order chi connectivity index (χ0) is 70.0. The topological polar surface area (TPSA) is 134 Å². The highest BCUT2D eigenvalue weighted by atomic mass is 31.2. The van der Waals surface area contributed by atoms with Crippen molar-refractivity contribution < 1.29 is 37.6 Å². The molecule has 0 aliphatic rings. The normalized spacial score (nSPS) is 12.7. The number of unbranched alkanes of at least 4 members (excludes halogenated alkanes) is 71. The molecule has 0 saturated heterocycles. The van der Waals surface area contributed by atoms with Crippen LogP contribution in [0.5, 0.6) is 0 Å². The molecule has 3 N–H and O–H groups in total. The van der Waals surface area contributed by atoms with Gasteiger partial charge >= 0.3 is 19.8 Å². The maximum absolute atomic E-state index is 12.8. The number of rotatable bonds is 86. The summed E-state index contributed by atoms with van der Waals surface area (Å²) in [6.45, 7) is 3.86. The molecule has 2 atom stereocenters. The molecule has 0 amide bonds. The SMILES string of the molecule is CCCCCCCCCC/C=C\CCCCCCCCCCCCCCCCCCCCCCCCCCCCCCCC(=O)OC(COC(=O)CCCCCCCCCCCCCCCCCCCCCCCCCCCCCCCCCCCCC)COP(=O)(O)OCCN. The Morgan fingerprint density at radius 3 is 0.732 bits per heavy atom. The average molecular weight is 1390 g/mol. The highest BCUT2D eigenvalue weighted by Crippen LogP contribution is 2.43. The van der Waals surface area contributed by atoms with Crippen LogP contribution in [0.2, 0.25) is 0 Å². The van der Waals surface area contributed by atoms with Crippen molar-refractivity contribution in [2.75, 3.05) is 26.4 Å². The second kappa shape index (κ2) is 83.7. The van der Waals surface area contributed by atoms with Gasteiger partial charge in [-0.1, -0.05) is 463 Å². The Morgan fingerprint density at radius 2 is 0.505 bits per heavy atom. The van der Waals surface area contributed by atoms with Crippen LogP contribution < -0.4 is 5.73 Å². The third-order valence-electron chi connectivity index (χ3n) is 20.7. The standard InChI is InChI=1S/C87H172NO8P/c1-3-5-7-9-11-13-15-17-19-21-23-25-27-29-31-33-35-37-39-40-41-42-43-44-46-48-50-52-54-56-58-60-62-64-66-68-70-72-74-76-78-80-87(90)96-85(84-95-97(91,92)94-82-81-88)83-93-86(89)79-77-75-73-71-69-67-65-63-61-59-57-55-53-51-49-47-45-38-36-34-32-30-28-26-24-22-20-18-16-14-12-10-8-6-4-2/h21,23,85H,3-20,22,24-84,88H2,1-2H3,(H,91,92)/b23-21-. The Labute approximate surface area is 606 Å². The van der Waals surface area contributed by atoms with Crippen molar-refractivity contribution in [2.45, 2.75) is 508 Å². The van der Waals surface area contributed by atoms with Crippen molar-refractivity contribution in [2.24, 2.45) is 5.73 Å². The Balaban J connectivity index is 3.68. The summed E-state index contributed by atoms with van der Waals surface area (Å²) in [6, 6.07) is 0. The van der Waals surface area contributed by atoms with Gasteiger partial charge in [0.05, 0.1) is 13.2 Å². The number of ether oxygens (including phenoxy) is 2. The Kier molecular flexibility index (Phi) is 82.6. The van der Waals surface area contributed by atoms with E-state index in [2.05, 4.69) is 26.0 Å². The van der Waals surface area contributed by atoms with Crippen LogP contribution >= 0.6 is 7.82 Å². The van der Waals surface area contributed by atoms with Crippen molar-refractivity contribution in [3.8, 4) is 0 Å². The van der Waals surface area contributed by atoms with Crippen molar-refractivity contribution in [1.82, 2.24) is 0 Å². The molecule has 0 spiro atoms. The summed E-state index contributed by atoms with van der Waals surface area (Å²) >= 11 is 0. The van der Waals surface area contributed by atoms with Gasteiger partial charge in [0.2, 0.25) is 0 Å². The molecule has 2 unspecified atom stereocenters. The molecule has 0 aliphatic heterocycles. The van der Waals surface area contributed by atoms with Crippen molar-refractivity contribution in [1.29, 1.82) is 0 Å². The molecule has 0 aromatic carbocycles. The summed E-state index contributed by atoms with van der Waals surface area (Å²) in [5, 5.41) is 0. The molecule has 0 heterocycles. The molecule has 0 bridgehead atoms. The molecular formula is C87H172NO8P. The predicted octanol–water partition coefficient (Wildman–Crippen LogP) is 29.8. The van der Waals surface area contributed by atoms with Crippen LogP contribution in [0.3, 0.4) is 0 Å². The van der Waals surface area contributed by atoms with E-state index in [9.17, 15) is 19.0 Å². The summed E-state index contributed by atoms with van der Waals surface area (Å²) < 4.78 is 33.3. The number of nitrogens with two attached hydrogens (primary N) is 1. The quantitative estimate of drug-likeness (QED) is 0.0264. The van der Waals surface area contributed by atoms with Gasteiger partial charge in [0.1, 0.15) is 6.61 Å². The number of allylic oxidation sites excluding steroid dienone is 2. The number of hydrogen-bond donors (Lipinski definition) is 2. The first-order valence-corrected chi connectivity index (χ1v) is 45.7. The zero-order valence-corrected chi connectivity index (χ0v) is 66.5. The predicted molar refractivity (Wildman–Crippen MR) is 423 cm³/mol. The first-order chi connectivity index (χ1) is 47.8. The molecule has 0 rings (SSSR count). The second-order valence-corrected chi connectivity index (χ2v) is 31.9. The second-order valence-electron chi connectivity index (χ2n) is 30.5. The van der Waals surface area contributed by atoms with Gasteiger partial charge in [-0.25, -0.2) is 4.57 Å². The van der Waals surface area contributed by atoms with Gasteiger partial charge in [0.15, 0.2) is 6.10 Å². The minimum atomic E-state index is -4.39. The van der Waals surface area contributed by atoms with Crippen LogP contribution in [-0.2, 0) is 32.7 Å². The van der Waals surface area contributed by atoms with E-state index >= 15 is 0 Å². The van der Waals surface area contributed by atoms with Gasteiger partial charge in [0.25, 0.3) is 0 Å². The smallest absolute Gasteiger partial charge is 0.462 e. The number of phosphoric ester groups is 1. The fourth-order valence-corrected chi connectivity index (χ4v) is 14.9. The van der Waals surface area contributed by atoms with E-state index in [0.717, 1.165) is 32.1 Å². The van der Waals surface area contributed by atoms with Crippen LogP contribution in [-0.4, -0.2) is 49.3 Å². The van der Waals surface area contributed by atoms with Crippen molar-refractivity contribution in [3.05, 3.63) is 12.2 Å². The van der Waals surface area contributed by atoms with Gasteiger partial charge in [-0.05, 0) is 38.5 Å². The van der Waals surface area contributed by atoms with Gasteiger partial charge in [-0.15, -0.1) is 0 Å². The number of carbonyl (C=O) groups excluding carboxylic acids is 2. The minimum Gasteiger partial charge on any atom is -0.462 e. The van der Waals surface area contributed by atoms with E-state index in [1.807, 2.05) is 0 Å². The molecule has 9 nitrogen and oxygen atoms in total. The summed E-state index contributed by atoms with van der Waals surface area (Å²) in [4.78, 5) is 35.5. The number of esters is 2. The molecule has 578 valence electrons. The minimum absolute atomic E-state index is 0.0585. The van der Waals surface area contributed by atoms with Crippen LogP contribution in [0.4, 0.5) is 0 Å². The summed E-state index contributed by atoms with van der Waals surface area (Å²) in [7, 11) is -4.39. The number of hydrogen-bond acceptors (Lipinski definition) is 8. The molecule has 0 saturated carbocycles. The summed E-state index contributed by atoms with van der Waals surface area (Å²) in [5.41, 5.74) is 5.42. The molecule has 0 aliphatic carbocycles. The lowest BCUT2D eigenvalue weighted by Crippen LogP contribution is -2.29. The van der Waals surface area contributed by atoms with Gasteiger partial charge < -0.3 is 20.1 Å². The van der Waals surface area contributed by atoms with Crippen LogP contribution in [0.15, 0.2) is 12.2 Å². The van der Waals surface area contributed by atoms with Crippen molar-refractivity contribution in [3.63, 3.8) is 0 Å². The van der Waals surface area contributed by atoms with E-state index in [0.29, 0.717) is 12.8 Å². The first-order valence-electron chi connectivity index (χ1n) is 44.2. The third-order valence-corrected chi connectivity index (χ3v) is 21.6. The van der Waals surface area contributed by atoms with Crippen LogP contribution in [0.25, 0.3) is 0 Å². The summed E-state index contributed by atoms with van der Waals surface area (Å²) in [5.74, 6) is -0.794. The third kappa shape index (κ3) is 83.6. The number of phosphoric acid groups is 1. The van der Waals surface area contributed by atoms with E-state index in [1.165, 1.54) is 437 Å². The largest absolute Gasteiger partial charge is 0.472 e. The Hall–Kier alpha value is -1.25. The van der Waals surface area contributed by atoms with Gasteiger partial charge in [-0.3, -0.25) is 18.6 Å². The van der Waals surface area contributed by atoms with E-state index in [-0.39, 0.29) is 32.1 Å². The van der Waals surface area contributed by atoms with E-state index in [1.54, 1.807) is 0 Å². The zero-order valence-electron chi connectivity index (χ0n) is 65.6. The monoisotopic (exact) mass is 1390 g/mol. The van der Waals surface area contributed by atoms with Crippen LogP contribution in [0.1, 0.15) is 502 Å². The molecule has 0 aromatic heterocycles. The summed E-state index contributed by atoms with van der Waals surface area (Å²) in [6.07, 6.45) is 106. The number of carbonyl (C=O) groups is 2. The molecule has 0 fully saturated rings. The molecule has 97 heavy (non-hydrogen) atoms. The fraction of sp³-hybridized carbons (Fsp3) is 0.954. The first kappa shape index (κ1) is 95.8. The molecular weight excluding hydrogens is 1220 g/mol. The lowest BCUT2D eigenvalue weighted by atomic mass is 10.0. The average Bonchev–Trinajstić information content (AvgIpc) is 2.57. The maximum Gasteiger partial charge on any atom is 0.472 e. The molecule has 10 heteroatoms. The fourth-order valence-electron chi connectivity index (χ4n) is 14.1. The Morgan fingerprint density at radius 1 is 0.299 bits per heavy atom. The van der Waals surface area contributed by atoms with E-state index in [4.69, 9.17) is 24.3 Å². The lowest BCUT2D eigenvalue weighted by molar-refractivity contribution is -0.161. The van der Waals surface area contributed by atoms with Crippen LogP contribution in [0, 0.1) is 0 Å². The van der Waals surface area contributed by atoms with Crippen molar-refractivity contribution >= 4 is 19.8 Å². The van der Waals surface area contributed by atoms with Gasteiger partial charge in [0, 0.05) is 19.4 Å². The highest BCUT2D eigenvalue weighted by molar-refractivity contribution is 7.47. The highest BCUT2D eigenvalue weighted by Gasteiger charge is 2.26. The Bertz CT molecular complexity index is 1600. The van der Waals surface area contributed by atoms with E-state index < -0.39 is 26.5 Å². The molecule has 0 aromatic rings.